The lowest BCUT2D eigenvalue weighted by atomic mass is 9.89. The zero-order chi connectivity index (χ0) is 24.5. The Bertz CT molecular complexity index is 1210. The van der Waals surface area contributed by atoms with Crippen molar-refractivity contribution in [2.45, 2.75) is 60.8 Å². The summed E-state index contributed by atoms with van der Waals surface area (Å²) in [6, 6.07) is 6.37. The molecule has 0 aliphatic heterocycles. The van der Waals surface area contributed by atoms with Crippen LogP contribution in [0.5, 0.6) is 0 Å². The van der Waals surface area contributed by atoms with Gasteiger partial charge in [-0.15, -0.1) is 0 Å². The first kappa shape index (κ1) is 25.4. The molecule has 0 amide bonds. The zero-order valence-corrected chi connectivity index (χ0v) is 21.5. The molecule has 0 heteroatoms. The van der Waals surface area contributed by atoms with Crippen molar-refractivity contribution in [2.24, 2.45) is 5.92 Å². The van der Waals surface area contributed by atoms with E-state index in [0.717, 1.165) is 30.4 Å². The van der Waals surface area contributed by atoms with Crippen LogP contribution in [0.2, 0.25) is 0 Å². The van der Waals surface area contributed by atoms with E-state index in [2.05, 4.69) is 132 Å². The lowest BCUT2D eigenvalue weighted by Gasteiger charge is -2.15. The monoisotopic (exact) mass is 444 g/mol. The molecule has 0 nitrogen and oxygen atoms in total. The van der Waals surface area contributed by atoms with Crippen molar-refractivity contribution in [1.29, 1.82) is 0 Å². The molecule has 3 aliphatic carbocycles. The Morgan fingerprint density at radius 3 is 2.18 bits per heavy atom. The zero-order valence-electron chi connectivity index (χ0n) is 21.5. The van der Waals surface area contributed by atoms with Gasteiger partial charge < -0.3 is 0 Å². The molecule has 1 atom stereocenters. The second-order valence-corrected chi connectivity index (χ2v) is 9.55. The minimum Gasteiger partial charge on any atom is -0.0799 e. The van der Waals surface area contributed by atoms with Crippen LogP contribution in [0.15, 0.2) is 88.6 Å². The smallest absolute Gasteiger partial charge is 0.0278 e. The second-order valence-electron chi connectivity index (χ2n) is 9.55. The van der Waals surface area contributed by atoms with Gasteiger partial charge in [-0.05, 0) is 70.9 Å². The summed E-state index contributed by atoms with van der Waals surface area (Å²) in [4.78, 5) is 0. The van der Waals surface area contributed by atoms with Crippen LogP contribution in [0.4, 0.5) is 0 Å². The lowest BCUT2D eigenvalue weighted by molar-refractivity contribution is 0.874. The largest absolute Gasteiger partial charge is 0.0799 e. The van der Waals surface area contributed by atoms with E-state index in [-0.39, 0.29) is 0 Å². The van der Waals surface area contributed by atoms with Gasteiger partial charge in [-0.25, -0.2) is 0 Å². The summed E-state index contributed by atoms with van der Waals surface area (Å²) in [6.45, 7) is 12.9. The van der Waals surface area contributed by atoms with E-state index in [9.17, 15) is 0 Å². The molecule has 34 heavy (non-hydrogen) atoms. The van der Waals surface area contributed by atoms with E-state index in [4.69, 9.17) is 0 Å². The summed E-state index contributed by atoms with van der Waals surface area (Å²) in [5.41, 5.74) is 10.1. The molecule has 0 N–H and O–H groups in total. The van der Waals surface area contributed by atoms with Crippen molar-refractivity contribution in [1.82, 2.24) is 0 Å². The molecule has 0 aromatic heterocycles. The summed E-state index contributed by atoms with van der Waals surface area (Å²) < 4.78 is 0. The number of hydrogen-bond acceptors (Lipinski definition) is 0. The summed E-state index contributed by atoms with van der Waals surface area (Å²) in [5, 5.41) is 0. The first-order valence-corrected chi connectivity index (χ1v) is 12.2. The van der Waals surface area contributed by atoms with E-state index < -0.39 is 0 Å². The van der Waals surface area contributed by atoms with Crippen molar-refractivity contribution < 1.29 is 0 Å². The first-order valence-electron chi connectivity index (χ1n) is 12.2. The van der Waals surface area contributed by atoms with Gasteiger partial charge in [0.1, 0.15) is 0 Å². The number of rotatable bonds is 0. The SMILES string of the molecule is C[C]1CC(C#CC2=CC=C(C)CC2)=CC=C1C.Cc1ccc(C#CC2=C[CH]C(C)C=C2)c(C)c1. The number of benzene rings is 1. The molecule has 0 saturated carbocycles. The third kappa shape index (κ3) is 7.97. The summed E-state index contributed by atoms with van der Waals surface area (Å²) in [6.07, 6.45) is 20.5. The first-order chi connectivity index (χ1) is 16.3. The Morgan fingerprint density at radius 2 is 1.53 bits per heavy atom. The Balaban J connectivity index is 0.000000191. The molecule has 4 rings (SSSR count). The van der Waals surface area contributed by atoms with Gasteiger partial charge in [-0.3, -0.25) is 0 Å². The van der Waals surface area contributed by atoms with Crippen LogP contribution in [0.1, 0.15) is 63.6 Å². The van der Waals surface area contributed by atoms with Gasteiger partial charge in [0.15, 0.2) is 0 Å². The summed E-state index contributed by atoms with van der Waals surface area (Å²) in [5.74, 6) is 15.0. The molecule has 3 aliphatic rings. The maximum atomic E-state index is 3.31. The molecule has 0 heterocycles. The van der Waals surface area contributed by atoms with E-state index in [0.29, 0.717) is 5.92 Å². The predicted molar refractivity (Wildman–Crippen MR) is 148 cm³/mol. The van der Waals surface area contributed by atoms with E-state index in [1.807, 2.05) is 0 Å². The van der Waals surface area contributed by atoms with Crippen LogP contribution < -0.4 is 0 Å². The normalized spacial score (nSPS) is 19.5. The molecule has 0 saturated heterocycles. The fourth-order valence-electron chi connectivity index (χ4n) is 3.75. The van der Waals surface area contributed by atoms with Crippen LogP contribution in [-0.4, -0.2) is 0 Å². The van der Waals surface area contributed by atoms with Crippen molar-refractivity contribution in [3.8, 4) is 23.7 Å². The second kappa shape index (κ2) is 12.3. The van der Waals surface area contributed by atoms with Crippen molar-refractivity contribution >= 4 is 0 Å². The number of aryl methyl sites for hydroxylation is 2. The van der Waals surface area contributed by atoms with Crippen LogP contribution in [0.25, 0.3) is 0 Å². The van der Waals surface area contributed by atoms with E-state index in [1.165, 1.54) is 39.3 Å². The van der Waals surface area contributed by atoms with Crippen LogP contribution in [-0.2, 0) is 0 Å². The van der Waals surface area contributed by atoms with Gasteiger partial charge in [-0.2, -0.15) is 0 Å². The Kier molecular flexibility index (Phi) is 9.19. The highest BCUT2D eigenvalue weighted by Crippen LogP contribution is 2.26. The summed E-state index contributed by atoms with van der Waals surface area (Å²) in [7, 11) is 0. The quantitative estimate of drug-likeness (QED) is 0.352. The highest BCUT2D eigenvalue weighted by atomic mass is 14.1. The lowest BCUT2D eigenvalue weighted by Crippen LogP contribution is -1.99. The highest BCUT2D eigenvalue weighted by molar-refractivity contribution is 5.50. The minimum atomic E-state index is 0.529. The van der Waals surface area contributed by atoms with Crippen molar-refractivity contribution in [3.63, 3.8) is 0 Å². The number of allylic oxidation sites excluding steroid dienone is 12. The molecule has 1 aromatic rings. The highest BCUT2D eigenvalue weighted by Gasteiger charge is 2.10. The van der Waals surface area contributed by atoms with Gasteiger partial charge >= 0.3 is 0 Å². The van der Waals surface area contributed by atoms with Gasteiger partial charge in [0.05, 0.1) is 0 Å². The molecular weight excluding hydrogens is 408 g/mol. The predicted octanol–water partition coefficient (Wildman–Crippen LogP) is 8.52. The van der Waals surface area contributed by atoms with Crippen LogP contribution in [0, 0.1) is 55.8 Å². The standard InChI is InChI=1S/C17H17.C17H19/c1-13-4-7-16(8-5-13)9-11-17-10-6-14(2)12-15(17)3;1-13-4-7-16(8-5-13)10-11-17-9-6-14(2)15(3)12-17/h4-8,10,12-13H,1-3H3;4,6-7,9H,5,8,12H2,1-3H3. The van der Waals surface area contributed by atoms with E-state index >= 15 is 0 Å². The average Bonchev–Trinajstić information content (AvgIpc) is 2.82. The molecule has 0 fully saturated rings. The molecule has 172 valence electrons. The van der Waals surface area contributed by atoms with Crippen LogP contribution in [0.3, 0.4) is 0 Å². The molecule has 1 aromatic carbocycles. The fourth-order valence-corrected chi connectivity index (χ4v) is 3.75. The average molecular weight is 445 g/mol. The summed E-state index contributed by atoms with van der Waals surface area (Å²) >= 11 is 0. The van der Waals surface area contributed by atoms with Gasteiger partial charge in [-0.1, -0.05) is 109 Å². The molecule has 2 radical (unpaired) electrons. The van der Waals surface area contributed by atoms with E-state index in [1.54, 1.807) is 0 Å². The Hall–Kier alpha value is -3.22. The molecular formula is C34H36. The molecule has 1 unspecified atom stereocenters. The van der Waals surface area contributed by atoms with Gasteiger partial charge in [0, 0.05) is 28.2 Å². The van der Waals surface area contributed by atoms with Gasteiger partial charge in [0.2, 0.25) is 0 Å². The van der Waals surface area contributed by atoms with Crippen LogP contribution >= 0.6 is 0 Å². The maximum Gasteiger partial charge on any atom is 0.0278 e. The third-order valence-corrected chi connectivity index (χ3v) is 6.29. The third-order valence-electron chi connectivity index (χ3n) is 6.29. The van der Waals surface area contributed by atoms with Crippen molar-refractivity contribution in [3.05, 3.63) is 118 Å². The molecule has 0 bridgehead atoms. The van der Waals surface area contributed by atoms with Gasteiger partial charge in [0.25, 0.3) is 0 Å². The van der Waals surface area contributed by atoms with Crippen molar-refractivity contribution in [2.75, 3.05) is 0 Å². The Labute approximate surface area is 207 Å². The maximum absolute atomic E-state index is 3.31. The minimum absolute atomic E-state index is 0.529. The molecule has 0 spiro atoms. The fraction of sp³-hybridized carbons (Fsp3) is 0.294. The Morgan fingerprint density at radius 1 is 0.765 bits per heavy atom. The topological polar surface area (TPSA) is 0 Å². The number of hydrogen-bond donors (Lipinski definition) is 0.